The lowest BCUT2D eigenvalue weighted by Crippen LogP contribution is -2.64. The predicted molar refractivity (Wildman–Crippen MR) is 72.0 cm³/mol. The minimum absolute atomic E-state index is 0.0396. The molecule has 0 saturated carbocycles. The lowest BCUT2D eigenvalue weighted by Gasteiger charge is -2.39. The van der Waals surface area contributed by atoms with Crippen LogP contribution in [0.2, 0.25) is 0 Å². The number of piperazine rings is 1. The number of amides is 2. The summed E-state index contributed by atoms with van der Waals surface area (Å²) in [6.45, 7) is 12.8. The van der Waals surface area contributed by atoms with Crippen LogP contribution in [0, 0.1) is 11.3 Å². The van der Waals surface area contributed by atoms with Gasteiger partial charge >= 0.3 is 0 Å². The minimum Gasteiger partial charge on any atom is -0.342 e. The van der Waals surface area contributed by atoms with Gasteiger partial charge in [0.25, 0.3) is 0 Å². The van der Waals surface area contributed by atoms with Gasteiger partial charge in [0.15, 0.2) is 0 Å². The zero-order valence-electron chi connectivity index (χ0n) is 12.4. The summed E-state index contributed by atoms with van der Waals surface area (Å²) < 4.78 is 0. The smallest absolute Gasteiger partial charge is 0.246 e. The SMILES string of the molecule is CC(C)C1NC(=O)C(C)N(CCC(C)(C)C)C1=O. The molecule has 4 heteroatoms. The van der Waals surface area contributed by atoms with Crippen molar-refractivity contribution >= 4 is 11.8 Å². The van der Waals surface area contributed by atoms with E-state index < -0.39 is 0 Å². The van der Waals surface area contributed by atoms with Gasteiger partial charge in [-0.25, -0.2) is 0 Å². The van der Waals surface area contributed by atoms with Crippen molar-refractivity contribution in [3.63, 3.8) is 0 Å². The van der Waals surface area contributed by atoms with Gasteiger partial charge in [-0.05, 0) is 24.7 Å². The molecule has 0 bridgehead atoms. The highest BCUT2D eigenvalue weighted by molar-refractivity contribution is 5.96. The Hall–Kier alpha value is -1.06. The monoisotopic (exact) mass is 254 g/mol. The third-order valence-corrected chi connectivity index (χ3v) is 3.46. The van der Waals surface area contributed by atoms with Crippen molar-refractivity contribution in [2.45, 2.75) is 60.0 Å². The van der Waals surface area contributed by atoms with E-state index in [1.54, 1.807) is 11.8 Å². The quantitative estimate of drug-likeness (QED) is 0.835. The summed E-state index contributed by atoms with van der Waals surface area (Å²) in [5.41, 5.74) is 0.168. The Bertz CT molecular complexity index is 331. The number of hydrogen-bond acceptors (Lipinski definition) is 2. The van der Waals surface area contributed by atoms with Crippen molar-refractivity contribution in [1.82, 2.24) is 10.2 Å². The molecule has 2 amide bonds. The van der Waals surface area contributed by atoms with E-state index in [0.29, 0.717) is 6.54 Å². The summed E-state index contributed by atoms with van der Waals surface area (Å²) in [4.78, 5) is 26.0. The third-order valence-electron chi connectivity index (χ3n) is 3.46. The lowest BCUT2D eigenvalue weighted by atomic mass is 9.91. The van der Waals surface area contributed by atoms with E-state index in [9.17, 15) is 9.59 Å². The molecule has 1 heterocycles. The second kappa shape index (κ2) is 5.29. The van der Waals surface area contributed by atoms with Crippen molar-refractivity contribution in [1.29, 1.82) is 0 Å². The van der Waals surface area contributed by atoms with Crippen LogP contribution < -0.4 is 5.32 Å². The Morgan fingerprint density at radius 2 is 1.83 bits per heavy atom. The number of hydrogen-bond donors (Lipinski definition) is 1. The minimum atomic E-state index is -0.367. The van der Waals surface area contributed by atoms with E-state index in [1.165, 1.54) is 0 Å². The van der Waals surface area contributed by atoms with Crippen molar-refractivity contribution in [3.8, 4) is 0 Å². The van der Waals surface area contributed by atoms with Crippen LogP contribution in [0.1, 0.15) is 48.0 Å². The maximum atomic E-state index is 12.4. The van der Waals surface area contributed by atoms with Gasteiger partial charge in [-0.2, -0.15) is 0 Å². The molecule has 1 rings (SSSR count). The molecule has 0 aromatic heterocycles. The molecule has 0 aromatic carbocycles. The summed E-state index contributed by atoms with van der Waals surface area (Å²) in [7, 11) is 0. The van der Waals surface area contributed by atoms with Gasteiger partial charge in [0.1, 0.15) is 12.1 Å². The number of nitrogens with one attached hydrogen (secondary N) is 1. The summed E-state index contributed by atoms with van der Waals surface area (Å²) in [6.07, 6.45) is 0.904. The molecule has 0 spiro atoms. The predicted octanol–water partition coefficient (Wildman–Crippen LogP) is 1.79. The number of carbonyl (C=O) groups excluding carboxylic acids is 2. The maximum absolute atomic E-state index is 12.4. The molecule has 0 aliphatic carbocycles. The first-order valence-corrected chi connectivity index (χ1v) is 6.74. The Labute approximate surface area is 110 Å². The van der Waals surface area contributed by atoms with Gasteiger partial charge in [-0.15, -0.1) is 0 Å². The van der Waals surface area contributed by atoms with E-state index in [4.69, 9.17) is 0 Å². The van der Waals surface area contributed by atoms with Crippen LogP contribution in [0.15, 0.2) is 0 Å². The van der Waals surface area contributed by atoms with Crippen molar-refractivity contribution in [3.05, 3.63) is 0 Å². The number of nitrogens with zero attached hydrogens (tertiary/aromatic N) is 1. The standard InChI is InChI=1S/C14H26N2O2/c1-9(2)11-13(18)16(8-7-14(4,5)6)10(3)12(17)15-11/h9-11H,7-8H2,1-6H3,(H,15,17). The van der Waals surface area contributed by atoms with Gasteiger partial charge < -0.3 is 10.2 Å². The van der Waals surface area contributed by atoms with Crippen LogP contribution in [-0.2, 0) is 9.59 Å². The second-order valence-corrected chi connectivity index (χ2v) is 6.75. The molecule has 2 atom stereocenters. The summed E-state index contributed by atoms with van der Waals surface area (Å²) in [6, 6.07) is -0.719. The van der Waals surface area contributed by atoms with Crippen LogP contribution in [0.4, 0.5) is 0 Å². The van der Waals surface area contributed by atoms with Crippen LogP contribution >= 0.6 is 0 Å². The normalized spacial score (nSPS) is 25.6. The molecule has 1 aliphatic rings. The topological polar surface area (TPSA) is 49.4 Å². The van der Waals surface area contributed by atoms with E-state index in [-0.39, 0.29) is 35.2 Å². The molecule has 1 N–H and O–H groups in total. The summed E-state index contributed by atoms with van der Waals surface area (Å²) in [5, 5.41) is 2.81. The average Bonchev–Trinajstić information content (AvgIpc) is 2.21. The first-order valence-electron chi connectivity index (χ1n) is 6.74. The highest BCUT2D eigenvalue weighted by atomic mass is 16.2. The van der Waals surface area contributed by atoms with Gasteiger partial charge in [0, 0.05) is 6.54 Å². The molecule has 18 heavy (non-hydrogen) atoms. The average molecular weight is 254 g/mol. The van der Waals surface area contributed by atoms with E-state index in [1.807, 2.05) is 13.8 Å². The fourth-order valence-electron chi connectivity index (χ4n) is 2.06. The molecule has 1 saturated heterocycles. The maximum Gasteiger partial charge on any atom is 0.246 e. The highest BCUT2D eigenvalue weighted by Gasteiger charge is 2.39. The van der Waals surface area contributed by atoms with Gasteiger partial charge in [0.05, 0.1) is 0 Å². The Kier molecular flexibility index (Phi) is 4.41. The largest absolute Gasteiger partial charge is 0.342 e. The molecule has 2 unspecified atom stereocenters. The Morgan fingerprint density at radius 3 is 2.28 bits per heavy atom. The highest BCUT2D eigenvalue weighted by Crippen LogP contribution is 2.22. The summed E-state index contributed by atoms with van der Waals surface area (Å²) in [5.74, 6) is 0.148. The molecule has 0 radical (unpaired) electrons. The van der Waals surface area contributed by atoms with Crippen molar-refractivity contribution < 1.29 is 9.59 Å². The molecule has 1 aliphatic heterocycles. The Balaban J connectivity index is 2.79. The first-order chi connectivity index (χ1) is 8.13. The molecule has 1 fully saturated rings. The van der Waals surface area contributed by atoms with E-state index in [0.717, 1.165) is 6.42 Å². The molecule has 0 aromatic rings. The Morgan fingerprint density at radius 1 is 1.28 bits per heavy atom. The lowest BCUT2D eigenvalue weighted by molar-refractivity contribution is -0.150. The van der Waals surface area contributed by atoms with Gasteiger partial charge in [-0.1, -0.05) is 34.6 Å². The van der Waals surface area contributed by atoms with Gasteiger partial charge in [-0.3, -0.25) is 9.59 Å². The second-order valence-electron chi connectivity index (χ2n) is 6.75. The first kappa shape index (κ1) is 15.0. The van der Waals surface area contributed by atoms with Crippen LogP contribution in [0.3, 0.4) is 0 Å². The third kappa shape index (κ3) is 3.47. The fourth-order valence-corrected chi connectivity index (χ4v) is 2.06. The number of carbonyl (C=O) groups is 2. The summed E-state index contributed by atoms with van der Waals surface area (Å²) >= 11 is 0. The molecule has 4 nitrogen and oxygen atoms in total. The van der Waals surface area contributed by atoms with E-state index in [2.05, 4.69) is 26.1 Å². The fraction of sp³-hybridized carbons (Fsp3) is 0.857. The van der Waals surface area contributed by atoms with E-state index >= 15 is 0 Å². The van der Waals surface area contributed by atoms with Gasteiger partial charge in [0.2, 0.25) is 11.8 Å². The number of rotatable bonds is 3. The zero-order chi connectivity index (χ0) is 14.1. The van der Waals surface area contributed by atoms with Crippen molar-refractivity contribution in [2.24, 2.45) is 11.3 Å². The van der Waals surface area contributed by atoms with Crippen LogP contribution in [0.25, 0.3) is 0 Å². The van der Waals surface area contributed by atoms with Crippen molar-refractivity contribution in [2.75, 3.05) is 6.54 Å². The molecular formula is C14H26N2O2. The molecular weight excluding hydrogens is 228 g/mol. The van der Waals surface area contributed by atoms with Crippen LogP contribution in [-0.4, -0.2) is 35.3 Å². The molecule has 104 valence electrons. The van der Waals surface area contributed by atoms with Crippen LogP contribution in [0.5, 0.6) is 0 Å². The zero-order valence-corrected chi connectivity index (χ0v) is 12.4.